The van der Waals surface area contributed by atoms with Crippen molar-refractivity contribution in [1.29, 1.82) is 0 Å². The molecule has 1 heterocycles. The van der Waals surface area contributed by atoms with Crippen LogP contribution in [0.1, 0.15) is 26.7 Å². The Labute approximate surface area is 84.7 Å². The molecule has 1 unspecified atom stereocenters. The van der Waals surface area contributed by atoms with E-state index in [2.05, 4.69) is 24.1 Å². The Morgan fingerprint density at radius 2 is 2.29 bits per heavy atom. The van der Waals surface area contributed by atoms with E-state index in [-0.39, 0.29) is 11.8 Å². The van der Waals surface area contributed by atoms with Crippen molar-refractivity contribution in [2.24, 2.45) is 0 Å². The molecule has 0 spiro atoms. The maximum atomic E-state index is 11.7. The van der Waals surface area contributed by atoms with Crippen LogP contribution in [-0.4, -0.2) is 42.3 Å². The Morgan fingerprint density at radius 1 is 1.57 bits per heavy atom. The lowest BCUT2D eigenvalue weighted by atomic mass is 10.1. The van der Waals surface area contributed by atoms with E-state index in [1.807, 2.05) is 0 Å². The summed E-state index contributed by atoms with van der Waals surface area (Å²) in [7, 11) is 0. The number of Topliss-reactive ketones (excluding diaryl/α,β-unsaturated/α-hetero) is 1. The lowest BCUT2D eigenvalue weighted by molar-refractivity contribution is -0.124. The molecule has 0 aromatic rings. The molecule has 0 aliphatic carbocycles. The summed E-state index contributed by atoms with van der Waals surface area (Å²) in [5.41, 5.74) is 0. The highest BCUT2D eigenvalue weighted by Crippen LogP contribution is 2.10. The summed E-state index contributed by atoms with van der Waals surface area (Å²) < 4.78 is 0. The first-order valence-electron chi connectivity index (χ1n) is 5.11. The van der Waals surface area contributed by atoms with E-state index in [0.29, 0.717) is 19.0 Å². The number of ketones is 1. The second kappa shape index (κ2) is 5.10. The summed E-state index contributed by atoms with van der Waals surface area (Å²) in [4.78, 5) is 24.1. The number of likely N-dealkylation sites (tertiary alicyclic amines) is 1. The number of hydrogen-bond donors (Lipinski definition) is 1. The van der Waals surface area contributed by atoms with Gasteiger partial charge in [0.05, 0.1) is 12.6 Å². The van der Waals surface area contributed by atoms with E-state index in [9.17, 15) is 9.59 Å². The first-order valence-corrected chi connectivity index (χ1v) is 5.11. The highest BCUT2D eigenvalue weighted by Gasteiger charge is 2.25. The van der Waals surface area contributed by atoms with Gasteiger partial charge in [0, 0.05) is 6.04 Å². The van der Waals surface area contributed by atoms with Crippen LogP contribution in [0, 0.1) is 0 Å². The largest absolute Gasteiger partial charge is 0.349 e. The predicted octanol–water partition coefficient (Wildman–Crippen LogP) is 0.174. The van der Waals surface area contributed by atoms with Crippen molar-refractivity contribution >= 4 is 12.2 Å². The summed E-state index contributed by atoms with van der Waals surface area (Å²) in [6, 6.07) is 0.130. The molecule has 0 saturated carbocycles. The minimum Gasteiger partial charge on any atom is -0.349 e. The molecule has 0 bridgehead atoms. The van der Waals surface area contributed by atoms with Crippen LogP contribution < -0.4 is 5.32 Å². The summed E-state index contributed by atoms with van der Waals surface area (Å²) in [5, 5.41) is 2.58. The Bertz CT molecular complexity index is 216. The SMILES string of the molecule is CC(C)N1CCCC(NC=O)C(=O)C1. The third kappa shape index (κ3) is 2.80. The van der Waals surface area contributed by atoms with Gasteiger partial charge in [-0.3, -0.25) is 14.5 Å². The molecule has 4 nitrogen and oxygen atoms in total. The number of nitrogens with one attached hydrogen (secondary N) is 1. The molecule has 0 aromatic carbocycles. The van der Waals surface area contributed by atoms with E-state index >= 15 is 0 Å². The van der Waals surface area contributed by atoms with Gasteiger partial charge in [0.2, 0.25) is 6.41 Å². The maximum absolute atomic E-state index is 11.7. The standard InChI is InChI=1S/C10H18N2O2/c1-8(2)12-5-3-4-9(11-7-13)10(14)6-12/h7-9H,3-6H2,1-2H3,(H,11,13). The van der Waals surface area contributed by atoms with Gasteiger partial charge in [-0.2, -0.15) is 0 Å². The van der Waals surface area contributed by atoms with Crippen molar-refractivity contribution in [2.75, 3.05) is 13.1 Å². The average molecular weight is 198 g/mol. The first-order chi connectivity index (χ1) is 6.65. The van der Waals surface area contributed by atoms with Crippen molar-refractivity contribution in [3.63, 3.8) is 0 Å². The predicted molar refractivity (Wildman–Crippen MR) is 53.9 cm³/mol. The lowest BCUT2D eigenvalue weighted by Gasteiger charge is -2.23. The molecule has 4 heteroatoms. The van der Waals surface area contributed by atoms with Crippen LogP contribution in [0.15, 0.2) is 0 Å². The van der Waals surface area contributed by atoms with Crippen molar-refractivity contribution in [1.82, 2.24) is 10.2 Å². The molecule has 80 valence electrons. The van der Waals surface area contributed by atoms with E-state index in [4.69, 9.17) is 0 Å². The fourth-order valence-corrected chi connectivity index (χ4v) is 1.75. The lowest BCUT2D eigenvalue weighted by Crippen LogP contribution is -2.41. The van der Waals surface area contributed by atoms with E-state index in [1.165, 1.54) is 0 Å². The molecule has 0 aromatic heterocycles. The minimum absolute atomic E-state index is 0.128. The molecule has 1 fully saturated rings. The average Bonchev–Trinajstić information content (AvgIpc) is 2.30. The number of amides is 1. The van der Waals surface area contributed by atoms with Crippen LogP contribution in [0.2, 0.25) is 0 Å². The number of hydrogen-bond acceptors (Lipinski definition) is 3. The van der Waals surface area contributed by atoms with Crippen molar-refractivity contribution in [2.45, 2.75) is 38.8 Å². The molecular formula is C10H18N2O2. The van der Waals surface area contributed by atoms with E-state index in [0.717, 1.165) is 19.4 Å². The van der Waals surface area contributed by atoms with Gasteiger partial charge in [-0.1, -0.05) is 0 Å². The monoisotopic (exact) mass is 198 g/mol. The number of carbonyl (C=O) groups is 2. The fraction of sp³-hybridized carbons (Fsp3) is 0.800. The number of nitrogens with zero attached hydrogens (tertiary/aromatic N) is 1. The minimum atomic E-state index is -0.267. The smallest absolute Gasteiger partial charge is 0.207 e. The highest BCUT2D eigenvalue weighted by molar-refractivity contribution is 5.87. The molecule has 1 aliphatic rings. The normalized spacial score (nSPS) is 24.8. The van der Waals surface area contributed by atoms with Crippen LogP contribution in [0.4, 0.5) is 0 Å². The van der Waals surface area contributed by atoms with Gasteiger partial charge in [-0.15, -0.1) is 0 Å². The molecule has 0 radical (unpaired) electrons. The van der Waals surface area contributed by atoms with Crippen molar-refractivity contribution < 1.29 is 9.59 Å². The molecule has 1 rings (SSSR count). The van der Waals surface area contributed by atoms with Gasteiger partial charge in [0.15, 0.2) is 5.78 Å². The second-order valence-corrected chi connectivity index (χ2v) is 4.01. The zero-order chi connectivity index (χ0) is 10.6. The molecule has 1 N–H and O–H groups in total. The Hall–Kier alpha value is -0.900. The topological polar surface area (TPSA) is 49.4 Å². The highest BCUT2D eigenvalue weighted by atomic mass is 16.1. The third-order valence-corrected chi connectivity index (χ3v) is 2.69. The Morgan fingerprint density at radius 3 is 2.86 bits per heavy atom. The van der Waals surface area contributed by atoms with Gasteiger partial charge < -0.3 is 5.32 Å². The third-order valence-electron chi connectivity index (χ3n) is 2.69. The van der Waals surface area contributed by atoms with Crippen molar-refractivity contribution in [3.8, 4) is 0 Å². The number of carbonyl (C=O) groups excluding carboxylic acids is 2. The van der Waals surface area contributed by atoms with Gasteiger partial charge >= 0.3 is 0 Å². The zero-order valence-corrected chi connectivity index (χ0v) is 8.82. The Kier molecular flexibility index (Phi) is 4.07. The summed E-state index contributed by atoms with van der Waals surface area (Å²) in [6.45, 7) is 5.57. The van der Waals surface area contributed by atoms with Gasteiger partial charge in [-0.05, 0) is 33.2 Å². The molecular weight excluding hydrogens is 180 g/mol. The quantitative estimate of drug-likeness (QED) is 0.658. The van der Waals surface area contributed by atoms with Gasteiger partial charge in [0.25, 0.3) is 0 Å². The van der Waals surface area contributed by atoms with Crippen molar-refractivity contribution in [3.05, 3.63) is 0 Å². The zero-order valence-electron chi connectivity index (χ0n) is 8.82. The van der Waals surface area contributed by atoms with Crippen LogP contribution >= 0.6 is 0 Å². The summed E-state index contributed by atoms with van der Waals surface area (Å²) in [6.07, 6.45) is 2.35. The van der Waals surface area contributed by atoms with Gasteiger partial charge in [0.1, 0.15) is 0 Å². The van der Waals surface area contributed by atoms with E-state index in [1.54, 1.807) is 0 Å². The molecule has 1 atom stereocenters. The van der Waals surface area contributed by atoms with Crippen LogP contribution in [-0.2, 0) is 9.59 Å². The first kappa shape index (κ1) is 11.2. The van der Waals surface area contributed by atoms with Crippen LogP contribution in [0.25, 0.3) is 0 Å². The number of rotatable bonds is 3. The maximum Gasteiger partial charge on any atom is 0.207 e. The van der Waals surface area contributed by atoms with Crippen LogP contribution in [0.3, 0.4) is 0 Å². The second-order valence-electron chi connectivity index (χ2n) is 4.01. The molecule has 14 heavy (non-hydrogen) atoms. The van der Waals surface area contributed by atoms with Gasteiger partial charge in [-0.25, -0.2) is 0 Å². The molecule has 1 aliphatic heterocycles. The van der Waals surface area contributed by atoms with Crippen LogP contribution in [0.5, 0.6) is 0 Å². The molecule has 1 saturated heterocycles. The summed E-state index contributed by atoms with van der Waals surface area (Å²) in [5.74, 6) is 0.128. The van der Waals surface area contributed by atoms with E-state index < -0.39 is 0 Å². The Balaban J connectivity index is 2.56. The summed E-state index contributed by atoms with van der Waals surface area (Å²) >= 11 is 0. The fourth-order valence-electron chi connectivity index (χ4n) is 1.75. The molecule has 1 amide bonds.